The first-order chi connectivity index (χ1) is 10.1. The van der Waals surface area contributed by atoms with E-state index in [2.05, 4.69) is 32.9 Å². The average molecular weight is 294 g/mol. The third-order valence-corrected chi connectivity index (χ3v) is 3.92. The lowest BCUT2D eigenvalue weighted by Gasteiger charge is -2.33. The van der Waals surface area contributed by atoms with Crippen LogP contribution in [0.25, 0.3) is 0 Å². The first-order valence-electron chi connectivity index (χ1n) is 7.95. The van der Waals surface area contributed by atoms with Crippen LogP contribution >= 0.6 is 0 Å². The zero-order chi connectivity index (χ0) is 15.2. The molecule has 1 aliphatic heterocycles. The summed E-state index contributed by atoms with van der Waals surface area (Å²) in [4.78, 5) is 1.39. The van der Waals surface area contributed by atoms with Crippen LogP contribution in [0, 0.1) is 0 Å². The number of benzene rings is 1. The van der Waals surface area contributed by atoms with E-state index in [1.54, 1.807) is 0 Å². The molecule has 0 aromatic heterocycles. The van der Waals surface area contributed by atoms with Crippen LogP contribution in [0.1, 0.15) is 26.3 Å². The van der Waals surface area contributed by atoms with Crippen LogP contribution in [0.15, 0.2) is 24.3 Å². The predicted octanol–water partition coefficient (Wildman–Crippen LogP) is 0.681. The number of aliphatic hydroxyl groups is 1. The van der Waals surface area contributed by atoms with Gasteiger partial charge in [0.05, 0.1) is 0 Å². The molecule has 2 N–H and O–H groups in total. The van der Waals surface area contributed by atoms with Crippen LogP contribution in [-0.2, 0) is 11.2 Å². The summed E-state index contributed by atoms with van der Waals surface area (Å²) in [5, 5.41) is 10.1. The molecule has 0 bridgehead atoms. The average Bonchev–Trinajstić information content (AvgIpc) is 2.44. The molecule has 1 aromatic rings. The van der Waals surface area contributed by atoms with E-state index >= 15 is 0 Å². The summed E-state index contributed by atoms with van der Waals surface area (Å²) in [6.45, 7) is 9.28. The van der Waals surface area contributed by atoms with Crippen LogP contribution in [-0.4, -0.2) is 49.7 Å². The van der Waals surface area contributed by atoms with Gasteiger partial charge in [0.2, 0.25) is 0 Å². The molecule has 0 radical (unpaired) electrons. The van der Waals surface area contributed by atoms with Gasteiger partial charge in [-0.2, -0.15) is 0 Å². The molecule has 0 saturated carbocycles. The second kappa shape index (κ2) is 7.78. The first-order valence-corrected chi connectivity index (χ1v) is 7.95. The first kappa shape index (κ1) is 16.3. The molecule has 4 nitrogen and oxygen atoms in total. The normalized spacial score (nSPS) is 27.3. The topological polar surface area (TPSA) is 43.1 Å². The number of ether oxygens (including phenoxy) is 2. The van der Waals surface area contributed by atoms with Crippen molar-refractivity contribution >= 4 is 0 Å². The van der Waals surface area contributed by atoms with E-state index in [0.717, 1.165) is 25.3 Å². The highest BCUT2D eigenvalue weighted by molar-refractivity contribution is 5.27. The molecule has 0 amide bonds. The minimum absolute atomic E-state index is 0.262. The number of nitrogens with one attached hydrogen (secondary N) is 1. The zero-order valence-corrected chi connectivity index (χ0v) is 13.3. The summed E-state index contributed by atoms with van der Waals surface area (Å²) in [6, 6.07) is 8.07. The van der Waals surface area contributed by atoms with E-state index in [4.69, 9.17) is 9.47 Å². The van der Waals surface area contributed by atoms with Crippen LogP contribution < -0.4 is 9.64 Å². The van der Waals surface area contributed by atoms with Crippen LogP contribution in [0.4, 0.5) is 0 Å². The van der Waals surface area contributed by atoms with Crippen LogP contribution in [0.3, 0.4) is 0 Å². The maximum Gasteiger partial charge on any atom is 0.137 e. The molecule has 118 valence electrons. The van der Waals surface area contributed by atoms with Gasteiger partial charge in [-0.15, -0.1) is 0 Å². The Hall–Kier alpha value is -1.10. The Kier molecular flexibility index (Phi) is 6.03. The van der Waals surface area contributed by atoms with Crippen molar-refractivity contribution in [1.29, 1.82) is 0 Å². The van der Waals surface area contributed by atoms with Crippen molar-refractivity contribution in [2.24, 2.45) is 0 Å². The second-order valence-corrected chi connectivity index (χ2v) is 6.08. The van der Waals surface area contributed by atoms with Crippen LogP contribution in [0.5, 0.6) is 5.75 Å². The number of hydrogen-bond acceptors (Lipinski definition) is 3. The lowest BCUT2D eigenvalue weighted by molar-refractivity contribution is -0.918. The van der Waals surface area contributed by atoms with Gasteiger partial charge in [0.1, 0.15) is 50.3 Å². The van der Waals surface area contributed by atoms with Gasteiger partial charge < -0.3 is 19.5 Å². The number of quaternary nitrogens is 1. The highest BCUT2D eigenvalue weighted by Crippen LogP contribution is 2.12. The standard InChI is InChI=1S/C17H27NO3/c1-4-15-5-7-17(8-6-15)20-12-16(19)11-18-9-13(2)21-14(3)10-18/h5-8,13-14,16,19H,4,9-12H2,1-3H3/p+1/t13-,14-,16+/m1/s1. The van der Waals surface area contributed by atoms with Crippen molar-refractivity contribution in [2.75, 3.05) is 26.2 Å². The van der Waals surface area contributed by atoms with E-state index in [0.29, 0.717) is 13.2 Å². The van der Waals surface area contributed by atoms with Gasteiger partial charge in [0.15, 0.2) is 0 Å². The summed E-state index contributed by atoms with van der Waals surface area (Å²) < 4.78 is 11.4. The van der Waals surface area contributed by atoms with E-state index < -0.39 is 6.10 Å². The van der Waals surface area contributed by atoms with Crippen molar-refractivity contribution < 1.29 is 19.5 Å². The Balaban J connectivity index is 1.74. The van der Waals surface area contributed by atoms with Crippen molar-refractivity contribution in [1.82, 2.24) is 0 Å². The van der Waals surface area contributed by atoms with Gasteiger partial charge in [0.25, 0.3) is 0 Å². The van der Waals surface area contributed by atoms with E-state index in [1.807, 2.05) is 12.1 Å². The van der Waals surface area contributed by atoms with Gasteiger partial charge in [-0.25, -0.2) is 0 Å². The molecule has 0 unspecified atom stereocenters. The minimum atomic E-state index is -0.441. The van der Waals surface area contributed by atoms with Gasteiger partial charge in [0, 0.05) is 0 Å². The maximum absolute atomic E-state index is 10.1. The second-order valence-electron chi connectivity index (χ2n) is 6.08. The van der Waals surface area contributed by atoms with Gasteiger partial charge in [-0.05, 0) is 38.0 Å². The molecule has 1 aliphatic rings. The Morgan fingerprint density at radius 1 is 1.24 bits per heavy atom. The van der Waals surface area contributed by atoms with Gasteiger partial charge in [-0.1, -0.05) is 19.1 Å². The zero-order valence-electron chi connectivity index (χ0n) is 13.3. The summed E-state index contributed by atoms with van der Waals surface area (Å²) in [7, 11) is 0. The summed E-state index contributed by atoms with van der Waals surface area (Å²) >= 11 is 0. The van der Waals surface area contributed by atoms with E-state index in [1.165, 1.54) is 10.5 Å². The molecule has 21 heavy (non-hydrogen) atoms. The molecule has 1 heterocycles. The Bertz CT molecular complexity index is 411. The largest absolute Gasteiger partial charge is 0.491 e. The van der Waals surface area contributed by atoms with E-state index in [9.17, 15) is 5.11 Å². The summed E-state index contributed by atoms with van der Waals surface area (Å²) in [5.41, 5.74) is 1.30. The molecule has 4 heteroatoms. The molecule has 3 atom stereocenters. The van der Waals surface area contributed by atoms with E-state index in [-0.39, 0.29) is 12.2 Å². The molecule has 1 aromatic carbocycles. The molecular weight excluding hydrogens is 266 g/mol. The number of morpholine rings is 1. The fourth-order valence-corrected chi connectivity index (χ4v) is 2.96. The Labute approximate surface area is 127 Å². The van der Waals surface area contributed by atoms with Gasteiger partial charge in [-0.3, -0.25) is 0 Å². The van der Waals surface area contributed by atoms with Crippen molar-refractivity contribution in [3.63, 3.8) is 0 Å². The van der Waals surface area contributed by atoms with Gasteiger partial charge >= 0.3 is 0 Å². The third-order valence-electron chi connectivity index (χ3n) is 3.92. The molecule has 1 fully saturated rings. The Morgan fingerprint density at radius 2 is 1.86 bits per heavy atom. The summed E-state index contributed by atoms with van der Waals surface area (Å²) in [6.07, 6.45) is 1.11. The number of hydrogen-bond donors (Lipinski definition) is 2. The molecular formula is C17H28NO3+. The summed E-state index contributed by atoms with van der Waals surface area (Å²) in [5.74, 6) is 0.824. The SMILES string of the molecule is CCc1ccc(OC[C@@H](O)C[NH+]2C[C@@H](C)O[C@H](C)C2)cc1. The fourth-order valence-electron chi connectivity index (χ4n) is 2.96. The molecule has 0 aliphatic carbocycles. The number of aryl methyl sites for hydroxylation is 1. The molecule has 0 spiro atoms. The lowest BCUT2D eigenvalue weighted by atomic mass is 10.2. The third kappa shape index (κ3) is 5.30. The maximum atomic E-state index is 10.1. The van der Waals surface area contributed by atoms with Crippen molar-refractivity contribution in [2.45, 2.75) is 45.5 Å². The minimum Gasteiger partial charge on any atom is -0.491 e. The number of aliphatic hydroxyl groups excluding tert-OH is 1. The van der Waals surface area contributed by atoms with Crippen LogP contribution in [0.2, 0.25) is 0 Å². The highest BCUT2D eigenvalue weighted by Gasteiger charge is 2.27. The van der Waals surface area contributed by atoms with Crippen molar-refractivity contribution in [3.05, 3.63) is 29.8 Å². The highest BCUT2D eigenvalue weighted by atomic mass is 16.5. The van der Waals surface area contributed by atoms with Crippen molar-refractivity contribution in [3.8, 4) is 5.75 Å². The number of rotatable bonds is 6. The molecule has 2 rings (SSSR count). The smallest absolute Gasteiger partial charge is 0.137 e. The fraction of sp³-hybridized carbons (Fsp3) is 0.647. The molecule has 1 saturated heterocycles. The predicted molar refractivity (Wildman–Crippen MR) is 82.9 cm³/mol. The Morgan fingerprint density at radius 3 is 2.43 bits per heavy atom. The monoisotopic (exact) mass is 294 g/mol. The lowest BCUT2D eigenvalue weighted by Crippen LogP contribution is -3.16. The quantitative estimate of drug-likeness (QED) is 0.811.